The van der Waals surface area contributed by atoms with Gasteiger partial charge >= 0.3 is 0 Å². The highest BCUT2D eigenvalue weighted by Crippen LogP contribution is 2.27. The molecule has 166 valence electrons. The molecule has 0 amide bonds. The number of carbonyl (C=O) groups excluding carboxylic acids is 1. The summed E-state index contributed by atoms with van der Waals surface area (Å²) in [6, 6.07) is 16.0. The molecule has 0 N–H and O–H groups in total. The van der Waals surface area contributed by atoms with Crippen LogP contribution in [-0.2, 0) is 9.84 Å². The number of hydrogen-bond acceptors (Lipinski definition) is 5. The number of rotatable bonds is 5. The van der Waals surface area contributed by atoms with Crippen LogP contribution in [0, 0.1) is 0 Å². The molecule has 9 heteroatoms. The first-order valence-electron chi connectivity index (χ1n) is 9.40. The molecule has 5 nitrogen and oxygen atoms in total. The van der Waals surface area contributed by atoms with Gasteiger partial charge in [0, 0.05) is 20.1 Å². The van der Waals surface area contributed by atoms with Crippen LogP contribution in [0.4, 0.5) is 0 Å². The second kappa shape index (κ2) is 9.27. The highest BCUT2D eigenvalue weighted by Gasteiger charge is 2.28. The molecule has 33 heavy (non-hydrogen) atoms. The maximum Gasteiger partial charge on any atom is 0.210 e. The van der Waals surface area contributed by atoms with Crippen molar-refractivity contribution in [3.8, 4) is 0 Å². The molecule has 0 spiro atoms. The average molecular weight is 564 g/mol. The summed E-state index contributed by atoms with van der Waals surface area (Å²) >= 11 is 15.1. The molecule has 0 fully saturated rings. The van der Waals surface area contributed by atoms with Crippen molar-refractivity contribution in [2.24, 2.45) is 0 Å². The highest BCUT2D eigenvalue weighted by molar-refractivity contribution is 9.10. The van der Waals surface area contributed by atoms with Gasteiger partial charge in [0.25, 0.3) is 0 Å². The van der Waals surface area contributed by atoms with Gasteiger partial charge in [-0.25, -0.2) is 8.42 Å². The van der Waals surface area contributed by atoms with Gasteiger partial charge in [0.2, 0.25) is 15.6 Å². The summed E-state index contributed by atoms with van der Waals surface area (Å²) in [6.07, 6.45) is 2.16. The van der Waals surface area contributed by atoms with E-state index in [-0.39, 0.29) is 21.4 Å². The number of ketones is 1. The Balaban J connectivity index is 1.95. The molecule has 3 aromatic carbocycles. The number of fused-ring (bicyclic) bond motifs is 1. The van der Waals surface area contributed by atoms with E-state index in [1.54, 1.807) is 18.2 Å². The van der Waals surface area contributed by atoms with Gasteiger partial charge in [-0.15, -0.1) is 0 Å². The van der Waals surface area contributed by atoms with Crippen LogP contribution in [0.1, 0.15) is 15.9 Å². The van der Waals surface area contributed by atoms with E-state index in [1.807, 2.05) is 0 Å². The number of sulfone groups is 1. The summed E-state index contributed by atoms with van der Waals surface area (Å²) in [5, 5.41) is 0.961. The third-order valence-corrected chi connectivity index (χ3v) is 7.56. The van der Waals surface area contributed by atoms with Crippen LogP contribution in [0.15, 0.2) is 96.5 Å². The standard InChI is InChI=1S/C24H13BrCl2O5S/c25-16-3-10-21-20(12-16)23(28)15(13-32-21)11-22(24(29)14-1-4-17(26)5-2-14)33(30,31)19-8-6-18(27)7-9-19/h1-13H/b22-11+. The molecular weight excluding hydrogens is 551 g/mol. The summed E-state index contributed by atoms with van der Waals surface area (Å²) in [6.45, 7) is 0. The molecule has 1 heterocycles. The monoisotopic (exact) mass is 562 g/mol. The minimum absolute atomic E-state index is 0.0875. The zero-order chi connectivity index (χ0) is 23.8. The Hall–Kier alpha value is -2.71. The van der Waals surface area contributed by atoms with Crippen molar-refractivity contribution in [3.63, 3.8) is 0 Å². The topological polar surface area (TPSA) is 81.4 Å². The minimum Gasteiger partial charge on any atom is -0.463 e. The predicted octanol–water partition coefficient (Wildman–Crippen LogP) is 6.56. The first-order valence-corrected chi connectivity index (χ1v) is 12.4. The van der Waals surface area contributed by atoms with E-state index in [1.165, 1.54) is 48.5 Å². The smallest absolute Gasteiger partial charge is 0.210 e. The van der Waals surface area contributed by atoms with Gasteiger partial charge in [0.1, 0.15) is 16.8 Å². The Morgan fingerprint density at radius 2 is 1.52 bits per heavy atom. The van der Waals surface area contributed by atoms with Crippen molar-refractivity contribution in [2.45, 2.75) is 4.90 Å². The summed E-state index contributed by atoms with van der Waals surface area (Å²) in [5.41, 5.74) is -0.150. The quantitative estimate of drug-likeness (QED) is 0.203. The normalized spacial score (nSPS) is 12.2. The first kappa shape index (κ1) is 23.4. The number of hydrogen-bond donors (Lipinski definition) is 0. The maximum atomic E-state index is 13.5. The Labute approximate surface area is 207 Å². The molecule has 0 atom stereocenters. The van der Waals surface area contributed by atoms with Gasteiger partial charge in [-0.1, -0.05) is 39.1 Å². The molecule has 1 aromatic heterocycles. The third kappa shape index (κ3) is 4.82. The lowest BCUT2D eigenvalue weighted by Gasteiger charge is -2.10. The SMILES string of the molecule is O=C(/C(=C\c1coc2ccc(Br)cc2c1=O)S(=O)(=O)c1ccc(Cl)cc1)c1ccc(Cl)cc1. The summed E-state index contributed by atoms with van der Waals surface area (Å²) in [5.74, 6) is -0.796. The molecule has 0 unspecified atom stereocenters. The molecule has 4 aromatic rings. The van der Waals surface area contributed by atoms with Gasteiger partial charge in [-0.3, -0.25) is 9.59 Å². The molecule has 0 saturated carbocycles. The van der Waals surface area contributed by atoms with E-state index >= 15 is 0 Å². The summed E-state index contributed by atoms with van der Waals surface area (Å²) < 4.78 is 33.1. The van der Waals surface area contributed by atoms with Crippen LogP contribution in [0.3, 0.4) is 0 Å². The summed E-state index contributed by atoms with van der Waals surface area (Å²) in [4.78, 5) is 25.6. The second-order valence-electron chi connectivity index (χ2n) is 6.96. The maximum absolute atomic E-state index is 13.5. The number of halogens is 3. The fraction of sp³-hybridized carbons (Fsp3) is 0. The lowest BCUT2D eigenvalue weighted by atomic mass is 10.1. The van der Waals surface area contributed by atoms with E-state index in [0.717, 1.165) is 12.3 Å². The molecule has 0 saturated heterocycles. The van der Waals surface area contributed by atoms with Crippen LogP contribution < -0.4 is 5.43 Å². The largest absolute Gasteiger partial charge is 0.463 e. The molecule has 4 rings (SSSR count). The fourth-order valence-corrected chi connectivity index (χ4v) is 5.11. The van der Waals surface area contributed by atoms with E-state index in [4.69, 9.17) is 27.6 Å². The van der Waals surface area contributed by atoms with E-state index < -0.39 is 26.0 Å². The van der Waals surface area contributed by atoms with Gasteiger partial charge < -0.3 is 4.42 Å². The Morgan fingerprint density at radius 3 is 2.15 bits per heavy atom. The predicted molar refractivity (Wildman–Crippen MR) is 133 cm³/mol. The number of carbonyl (C=O) groups is 1. The highest BCUT2D eigenvalue weighted by atomic mass is 79.9. The van der Waals surface area contributed by atoms with Gasteiger partial charge in [0.05, 0.1) is 15.8 Å². The molecular formula is C24H13BrCl2O5S. The van der Waals surface area contributed by atoms with Crippen molar-refractivity contribution in [3.05, 3.63) is 114 Å². The zero-order valence-corrected chi connectivity index (χ0v) is 20.5. The van der Waals surface area contributed by atoms with Crippen LogP contribution in [0.5, 0.6) is 0 Å². The lowest BCUT2D eigenvalue weighted by Crippen LogP contribution is -2.16. The lowest BCUT2D eigenvalue weighted by molar-refractivity contribution is 0.104. The van der Waals surface area contributed by atoms with Crippen molar-refractivity contribution >= 4 is 71.8 Å². The first-order chi connectivity index (χ1) is 15.7. The number of benzene rings is 3. The van der Waals surface area contributed by atoms with Crippen molar-refractivity contribution in [1.82, 2.24) is 0 Å². The van der Waals surface area contributed by atoms with Crippen LogP contribution in [0.2, 0.25) is 10.0 Å². The molecule has 0 aliphatic heterocycles. The van der Waals surface area contributed by atoms with E-state index in [0.29, 0.717) is 20.1 Å². The van der Waals surface area contributed by atoms with Crippen LogP contribution in [0.25, 0.3) is 17.0 Å². The molecule has 0 radical (unpaired) electrons. The minimum atomic E-state index is -4.32. The van der Waals surface area contributed by atoms with Gasteiger partial charge in [-0.2, -0.15) is 0 Å². The molecule has 0 aliphatic carbocycles. The van der Waals surface area contributed by atoms with Gasteiger partial charge in [-0.05, 0) is 72.8 Å². The molecule has 0 bridgehead atoms. The Bertz CT molecular complexity index is 1570. The third-order valence-electron chi connectivity index (χ3n) is 4.79. The summed E-state index contributed by atoms with van der Waals surface area (Å²) in [7, 11) is -4.32. The number of Topliss-reactive ketones (excluding diaryl/α,β-unsaturated/α-hetero) is 1. The van der Waals surface area contributed by atoms with Crippen molar-refractivity contribution < 1.29 is 17.6 Å². The fourth-order valence-electron chi connectivity index (χ4n) is 3.11. The Kier molecular flexibility index (Phi) is 6.59. The Morgan fingerprint density at radius 1 is 0.909 bits per heavy atom. The van der Waals surface area contributed by atoms with Crippen LogP contribution in [-0.4, -0.2) is 14.2 Å². The zero-order valence-electron chi connectivity index (χ0n) is 16.6. The van der Waals surface area contributed by atoms with Crippen molar-refractivity contribution in [2.75, 3.05) is 0 Å². The van der Waals surface area contributed by atoms with Crippen LogP contribution >= 0.6 is 39.1 Å². The second-order valence-corrected chi connectivity index (χ2v) is 10.7. The molecule has 0 aliphatic rings. The van der Waals surface area contributed by atoms with E-state index in [9.17, 15) is 18.0 Å². The van der Waals surface area contributed by atoms with Gasteiger partial charge in [0.15, 0.2) is 5.43 Å². The average Bonchev–Trinajstić information content (AvgIpc) is 2.79. The van der Waals surface area contributed by atoms with Crippen molar-refractivity contribution in [1.29, 1.82) is 0 Å². The van der Waals surface area contributed by atoms with E-state index in [2.05, 4.69) is 15.9 Å². The number of allylic oxidation sites excluding steroid dienone is 1.